The molecule has 4 rings (SSSR count). The fourth-order valence-corrected chi connectivity index (χ4v) is 4.53. The van der Waals surface area contributed by atoms with E-state index >= 15 is 0 Å². The molecule has 3 heterocycles. The number of hydrogen-bond acceptors (Lipinski definition) is 8. The Bertz CT molecular complexity index is 1260. The SMILES string of the molecule is Cc1c(C#N)c(NC(=O)CSc2nnc(COc3ccccc3F)n2N)n(CC2CCCO2)c1C. The smallest absolute Gasteiger partial charge is 0.235 e. The second kappa shape index (κ2) is 10.8. The minimum absolute atomic E-state index is 0.00240. The van der Waals surface area contributed by atoms with E-state index in [0.717, 1.165) is 42.5 Å². The highest BCUT2D eigenvalue weighted by atomic mass is 32.2. The number of aromatic nitrogens is 4. The van der Waals surface area contributed by atoms with E-state index in [4.69, 9.17) is 15.3 Å². The van der Waals surface area contributed by atoms with E-state index in [1.807, 2.05) is 18.4 Å². The largest absolute Gasteiger partial charge is 0.482 e. The number of carbonyl (C=O) groups excluding carboxylic acids is 1. The van der Waals surface area contributed by atoms with Crippen LogP contribution in [0.25, 0.3) is 0 Å². The molecular formula is C23H26FN7O3S. The minimum Gasteiger partial charge on any atom is -0.482 e. The van der Waals surface area contributed by atoms with Gasteiger partial charge < -0.3 is 25.2 Å². The molecule has 3 aromatic rings. The van der Waals surface area contributed by atoms with Crippen molar-refractivity contribution in [2.24, 2.45) is 0 Å². The molecule has 1 atom stereocenters. The molecule has 0 aliphatic carbocycles. The fourth-order valence-electron chi connectivity index (χ4n) is 3.86. The second-order valence-electron chi connectivity index (χ2n) is 8.12. The summed E-state index contributed by atoms with van der Waals surface area (Å²) >= 11 is 1.09. The molecule has 35 heavy (non-hydrogen) atoms. The number of amides is 1. The van der Waals surface area contributed by atoms with Crippen molar-refractivity contribution in [3.8, 4) is 11.8 Å². The van der Waals surface area contributed by atoms with Gasteiger partial charge in [-0.05, 0) is 44.4 Å². The predicted molar refractivity (Wildman–Crippen MR) is 128 cm³/mol. The summed E-state index contributed by atoms with van der Waals surface area (Å²) in [4.78, 5) is 12.8. The third-order valence-corrected chi connectivity index (χ3v) is 6.81. The minimum atomic E-state index is -0.492. The first kappa shape index (κ1) is 24.6. The number of halogens is 1. The average molecular weight is 500 g/mol. The summed E-state index contributed by atoms with van der Waals surface area (Å²) in [6, 6.07) is 8.22. The summed E-state index contributed by atoms with van der Waals surface area (Å²) in [5.74, 6) is 6.05. The van der Waals surface area contributed by atoms with Crippen molar-refractivity contribution >= 4 is 23.5 Å². The number of ether oxygens (including phenoxy) is 2. The summed E-state index contributed by atoms with van der Waals surface area (Å²) in [6.07, 6.45) is 2.00. The lowest BCUT2D eigenvalue weighted by atomic mass is 10.2. The Morgan fingerprint density at radius 3 is 2.91 bits per heavy atom. The van der Waals surface area contributed by atoms with Gasteiger partial charge in [0.15, 0.2) is 17.4 Å². The molecule has 1 aromatic carbocycles. The Kier molecular flexibility index (Phi) is 7.57. The number of para-hydroxylation sites is 1. The highest BCUT2D eigenvalue weighted by Crippen LogP contribution is 2.29. The van der Waals surface area contributed by atoms with Gasteiger partial charge in [0.1, 0.15) is 18.5 Å². The van der Waals surface area contributed by atoms with Crippen LogP contribution in [0.1, 0.15) is 35.5 Å². The molecule has 1 aliphatic heterocycles. The highest BCUT2D eigenvalue weighted by Gasteiger charge is 2.24. The first-order valence-corrected chi connectivity index (χ1v) is 12.1. The van der Waals surface area contributed by atoms with E-state index in [1.54, 1.807) is 12.1 Å². The van der Waals surface area contributed by atoms with Crippen LogP contribution in [0.15, 0.2) is 29.4 Å². The van der Waals surface area contributed by atoms with Crippen LogP contribution in [0.2, 0.25) is 0 Å². The average Bonchev–Trinajstić information content (AvgIpc) is 3.54. The molecule has 1 fully saturated rings. The summed E-state index contributed by atoms with van der Waals surface area (Å²) in [7, 11) is 0. The van der Waals surface area contributed by atoms with Gasteiger partial charge in [0.05, 0.1) is 24.0 Å². The fraction of sp³-hybridized carbons (Fsp3) is 0.391. The normalized spacial score (nSPS) is 15.2. The van der Waals surface area contributed by atoms with Crippen molar-refractivity contribution in [3.63, 3.8) is 0 Å². The number of anilines is 1. The number of thioether (sulfide) groups is 1. The van der Waals surface area contributed by atoms with E-state index in [-0.39, 0.29) is 35.9 Å². The molecule has 0 saturated carbocycles. The maximum Gasteiger partial charge on any atom is 0.235 e. The van der Waals surface area contributed by atoms with Crippen LogP contribution < -0.4 is 15.9 Å². The van der Waals surface area contributed by atoms with Crippen LogP contribution in [0.5, 0.6) is 5.75 Å². The third-order valence-electron chi connectivity index (χ3n) is 5.87. The molecule has 12 heteroatoms. The number of nitriles is 1. The molecule has 3 N–H and O–H groups in total. The highest BCUT2D eigenvalue weighted by molar-refractivity contribution is 7.99. The standard InChI is InChI=1S/C23H26FN7O3S/c1-14-15(2)30(11-16-6-5-9-33-16)22(17(14)10-25)27-21(32)13-35-23-29-28-20(31(23)26)12-34-19-8-4-3-7-18(19)24/h3-4,7-8,16H,5-6,9,11-13,26H2,1-2H3,(H,27,32). The summed E-state index contributed by atoms with van der Waals surface area (Å²) in [6.45, 7) is 5.00. The third kappa shape index (κ3) is 5.41. The number of carbonyl (C=O) groups is 1. The Labute approximate surface area is 206 Å². The van der Waals surface area contributed by atoms with E-state index < -0.39 is 5.82 Å². The molecule has 1 saturated heterocycles. The van der Waals surface area contributed by atoms with E-state index in [2.05, 4.69) is 21.6 Å². The summed E-state index contributed by atoms with van der Waals surface area (Å²) in [5.41, 5.74) is 2.18. The molecule has 0 bridgehead atoms. The topological polar surface area (TPSA) is 133 Å². The van der Waals surface area contributed by atoms with Gasteiger partial charge in [-0.25, -0.2) is 9.07 Å². The second-order valence-corrected chi connectivity index (χ2v) is 9.06. The zero-order valence-electron chi connectivity index (χ0n) is 19.5. The molecular weight excluding hydrogens is 473 g/mol. The lowest BCUT2D eigenvalue weighted by Crippen LogP contribution is -2.22. The van der Waals surface area contributed by atoms with Gasteiger partial charge in [-0.3, -0.25) is 4.79 Å². The van der Waals surface area contributed by atoms with Gasteiger partial charge >= 0.3 is 0 Å². The van der Waals surface area contributed by atoms with Gasteiger partial charge in [0.2, 0.25) is 11.1 Å². The quantitative estimate of drug-likeness (QED) is 0.339. The zero-order valence-corrected chi connectivity index (χ0v) is 20.3. The van der Waals surface area contributed by atoms with Crippen LogP contribution in [0, 0.1) is 31.0 Å². The summed E-state index contributed by atoms with van der Waals surface area (Å²) in [5, 5.41) is 20.8. The van der Waals surface area contributed by atoms with Crippen LogP contribution >= 0.6 is 11.8 Å². The zero-order chi connectivity index (χ0) is 24.9. The van der Waals surface area contributed by atoms with Crippen molar-refractivity contribution < 1.29 is 18.7 Å². The van der Waals surface area contributed by atoms with Crippen molar-refractivity contribution in [1.29, 1.82) is 5.26 Å². The monoisotopic (exact) mass is 499 g/mol. The lowest BCUT2D eigenvalue weighted by molar-refractivity contribution is -0.113. The summed E-state index contributed by atoms with van der Waals surface area (Å²) < 4.78 is 28.0. The van der Waals surface area contributed by atoms with Crippen LogP contribution in [0.4, 0.5) is 10.2 Å². The van der Waals surface area contributed by atoms with Gasteiger partial charge in [0, 0.05) is 12.3 Å². The first-order valence-electron chi connectivity index (χ1n) is 11.1. The molecule has 184 valence electrons. The number of hydrogen-bond donors (Lipinski definition) is 2. The molecule has 0 spiro atoms. The number of nitrogens with zero attached hydrogens (tertiary/aromatic N) is 5. The molecule has 1 unspecified atom stereocenters. The Balaban J connectivity index is 1.39. The van der Waals surface area contributed by atoms with Crippen molar-refractivity contribution in [2.75, 3.05) is 23.5 Å². The van der Waals surface area contributed by atoms with Crippen LogP contribution in [0.3, 0.4) is 0 Å². The number of nitrogen functional groups attached to an aromatic ring is 1. The van der Waals surface area contributed by atoms with Crippen LogP contribution in [-0.4, -0.2) is 43.8 Å². The number of benzene rings is 1. The van der Waals surface area contributed by atoms with E-state index in [9.17, 15) is 14.4 Å². The Hall–Kier alpha value is -3.56. The van der Waals surface area contributed by atoms with Crippen LogP contribution in [-0.2, 0) is 22.7 Å². The lowest BCUT2D eigenvalue weighted by Gasteiger charge is -2.16. The van der Waals surface area contributed by atoms with Gasteiger partial charge in [-0.15, -0.1) is 10.2 Å². The number of nitrogens with two attached hydrogens (primary N) is 1. The maximum atomic E-state index is 13.7. The van der Waals surface area contributed by atoms with Crippen molar-refractivity contribution in [2.45, 2.75) is 51.1 Å². The molecule has 0 radical (unpaired) electrons. The van der Waals surface area contributed by atoms with Gasteiger partial charge in [-0.2, -0.15) is 5.26 Å². The molecule has 10 nitrogen and oxygen atoms in total. The Morgan fingerprint density at radius 1 is 1.40 bits per heavy atom. The Morgan fingerprint density at radius 2 is 2.20 bits per heavy atom. The van der Waals surface area contributed by atoms with E-state index in [0.29, 0.717) is 23.1 Å². The number of rotatable bonds is 9. The molecule has 1 aliphatic rings. The van der Waals surface area contributed by atoms with Gasteiger partial charge in [-0.1, -0.05) is 23.9 Å². The first-order chi connectivity index (χ1) is 16.9. The predicted octanol–water partition coefficient (Wildman–Crippen LogP) is 2.91. The molecule has 1 amide bonds. The van der Waals surface area contributed by atoms with Crippen molar-refractivity contribution in [1.82, 2.24) is 19.4 Å². The number of nitrogens with one attached hydrogen (secondary N) is 1. The van der Waals surface area contributed by atoms with E-state index in [1.165, 1.54) is 16.8 Å². The molecule has 2 aromatic heterocycles. The van der Waals surface area contributed by atoms with Crippen molar-refractivity contribution in [3.05, 3.63) is 52.7 Å². The van der Waals surface area contributed by atoms with Gasteiger partial charge in [0.25, 0.3) is 0 Å². The maximum absolute atomic E-state index is 13.7.